The molecule has 3 aromatic carbocycles. The molecule has 1 aromatic heterocycles. The average molecular weight is 516 g/mol. The normalized spacial score (nSPS) is 13.1. The third kappa shape index (κ3) is 5.79. The first-order chi connectivity index (χ1) is 18.4. The third-order valence-corrected chi connectivity index (χ3v) is 7.60. The van der Waals surface area contributed by atoms with Gasteiger partial charge >= 0.3 is 5.97 Å². The number of unbranched alkanes of at least 4 members (excludes halogenated alkanes) is 1. The van der Waals surface area contributed by atoms with Gasteiger partial charge in [-0.05, 0) is 72.6 Å². The zero-order valence-corrected chi connectivity index (χ0v) is 22.5. The number of aromatic nitrogens is 3. The highest BCUT2D eigenvalue weighted by Gasteiger charge is 2.37. The number of nitrogens with zero attached hydrogens (tertiary/aromatic N) is 3. The van der Waals surface area contributed by atoms with Crippen molar-refractivity contribution in [3.63, 3.8) is 0 Å². The Morgan fingerprint density at radius 1 is 1.05 bits per heavy atom. The summed E-state index contributed by atoms with van der Waals surface area (Å²) >= 11 is 0. The minimum Gasteiger partial charge on any atom is -0.481 e. The highest BCUT2D eigenvalue weighted by Crippen LogP contribution is 2.42. The van der Waals surface area contributed by atoms with Crippen LogP contribution in [-0.4, -0.2) is 37.8 Å². The van der Waals surface area contributed by atoms with Crippen LogP contribution < -0.4 is 0 Å². The summed E-state index contributed by atoms with van der Waals surface area (Å²) in [5.41, 5.74) is 6.71. The van der Waals surface area contributed by atoms with E-state index in [0.29, 0.717) is 19.6 Å². The number of aliphatic hydroxyl groups is 1. The van der Waals surface area contributed by atoms with Gasteiger partial charge < -0.3 is 14.9 Å². The number of carbonyl (C=O) groups is 1. The van der Waals surface area contributed by atoms with Crippen molar-refractivity contribution < 1.29 is 19.7 Å². The first-order valence-electron chi connectivity index (χ1n) is 13.3. The largest absolute Gasteiger partial charge is 0.481 e. The molecule has 0 radical (unpaired) electrons. The van der Waals surface area contributed by atoms with E-state index < -0.39 is 11.4 Å². The Kier molecular flexibility index (Phi) is 8.92. The number of hydrogen-bond donors (Lipinski definition) is 2. The monoisotopic (exact) mass is 515 g/mol. The lowest BCUT2D eigenvalue weighted by atomic mass is 9.68. The summed E-state index contributed by atoms with van der Waals surface area (Å²) in [5.74, 6) is -0.865. The molecule has 0 aliphatic rings. The number of ether oxygens (including phenoxy) is 1. The number of fused-ring (bicyclic) bond motifs is 1. The second-order valence-electron chi connectivity index (χ2n) is 9.97. The second-order valence-corrected chi connectivity index (χ2v) is 9.97. The molecule has 1 unspecified atom stereocenters. The number of aliphatic hydroxyl groups excluding tert-OH is 1. The molecule has 4 rings (SSSR count). The standard InChI is InChI=1S/C31H37N3O4/c1-4-31(19-29(36)37,26-13-12-22(2)25(18-26)20-35)27-14-15-28-30(23(27)3)32-33-34(28)16-8-9-17-38-21-24-10-6-5-7-11-24/h5-7,10-15,18,35H,4,8-9,16-17,19-21H2,1-3H3,(H,36,37). The smallest absolute Gasteiger partial charge is 0.304 e. The minimum atomic E-state index is -0.865. The third-order valence-electron chi connectivity index (χ3n) is 7.60. The predicted molar refractivity (Wildman–Crippen MR) is 148 cm³/mol. The van der Waals surface area contributed by atoms with Gasteiger partial charge in [0.15, 0.2) is 0 Å². The number of aliphatic carboxylic acids is 1. The molecule has 0 amide bonds. The Morgan fingerprint density at radius 3 is 2.55 bits per heavy atom. The van der Waals surface area contributed by atoms with Crippen LogP contribution in [0, 0.1) is 13.8 Å². The van der Waals surface area contributed by atoms with Gasteiger partial charge in [-0.1, -0.05) is 66.7 Å². The van der Waals surface area contributed by atoms with Crippen molar-refractivity contribution in [2.45, 2.75) is 71.6 Å². The molecule has 0 bridgehead atoms. The fourth-order valence-electron chi connectivity index (χ4n) is 5.35. The van der Waals surface area contributed by atoms with Gasteiger partial charge in [0.2, 0.25) is 0 Å². The van der Waals surface area contributed by atoms with Gasteiger partial charge in [-0.15, -0.1) is 5.10 Å². The highest BCUT2D eigenvalue weighted by atomic mass is 16.5. The molecule has 1 heterocycles. The Hall–Kier alpha value is -3.55. The summed E-state index contributed by atoms with van der Waals surface area (Å²) in [6, 6.07) is 20.1. The number of rotatable bonds is 13. The Morgan fingerprint density at radius 2 is 1.84 bits per heavy atom. The van der Waals surface area contributed by atoms with Gasteiger partial charge in [0, 0.05) is 18.6 Å². The van der Waals surface area contributed by atoms with Crippen LogP contribution in [0.1, 0.15) is 66.0 Å². The minimum absolute atomic E-state index is 0.0547. The van der Waals surface area contributed by atoms with Crippen molar-refractivity contribution in [3.05, 3.63) is 94.0 Å². The van der Waals surface area contributed by atoms with Gasteiger partial charge in [-0.2, -0.15) is 0 Å². The summed E-state index contributed by atoms with van der Waals surface area (Å²) in [7, 11) is 0. The number of hydrogen-bond acceptors (Lipinski definition) is 5. The van der Waals surface area contributed by atoms with E-state index in [9.17, 15) is 15.0 Å². The lowest BCUT2D eigenvalue weighted by molar-refractivity contribution is -0.138. The molecule has 7 heteroatoms. The van der Waals surface area contributed by atoms with Crippen LogP contribution in [0.15, 0.2) is 60.7 Å². The lowest BCUT2D eigenvalue weighted by Crippen LogP contribution is -2.31. The summed E-state index contributed by atoms with van der Waals surface area (Å²) < 4.78 is 7.72. The molecule has 200 valence electrons. The van der Waals surface area contributed by atoms with Gasteiger partial charge in [0.05, 0.1) is 25.2 Å². The average Bonchev–Trinajstić information content (AvgIpc) is 3.34. The van der Waals surface area contributed by atoms with Gasteiger partial charge in [-0.3, -0.25) is 4.79 Å². The number of carboxylic acid groups (broad SMARTS) is 1. The fourth-order valence-corrected chi connectivity index (χ4v) is 5.35. The van der Waals surface area contributed by atoms with E-state index in [0.717, 1.165) is 58.2 Å². The van der Waals surface area contributed by atoms with E-state index in [1.54, 1.807) is 0 Å². The quantitative estimate of drug-likeness (QED) is 0.221. The SMILES string of the molecule is CCC(CC(=O)O)(c1ccc(C)c(CO)c1)c1ccc2c(nnn2CCCCOCc2ccccc2)c1C. The Labute approximate surface area is 224 Å². The molecule has 0 fully saturated rings. The van der Waals surface area contributed by atoms with Crippen molar-refractivity contribution in [1.29, 1.82) is 0 Å². The first-order valence-corrected chi connectivity index (χ1v) is 13.3. The molecule has 0 saturated heterocycles. The molecule has 38 heavy (non-hydrogen) atoms. The second kappa shape index (κ2) is 12.3. The molecule has 4 aromatic rings. The maximum Gasteiger partial charge on any atom is 0.304 e. The van der Waals surface area contributed by atoms with Crippen LogP contribution in [0.4, 0.5) is 0 Å². The van der Waals surface area contributed by atoms with Crippen LogP contribution in [0.2, 0.25) is 0 Å². The van der Waals surface area contributed by atoms with Crippen LogP contribution >= 0.6 is 0 Å². The van der Waals surface area contributed by atoms with Crippen molar-refractivity contribution in [2.24, 2.45) is 0 Å². The Balaban J connectivity index is 1.54. The van der Waals surface area contributed by atoms with E-state index in [-0.39, 0.29) is 13.0 Å². The molecular formula is C31H37N3O4. The summed E-state index contributed by atoms with van der Waals surface area (Å²) in [6.45, 7) is 7.91. The van der Waals surface area contributed by atoms with Crippen molar-refractivity contribution >= 4 is 17.0 Å². The summed E-state index contributed by atoms with van der Waals surface area (Å²) in [4.78, 5) is 12.1. The number of carboxylic acids is 1. The summed E-state index contributed by atoms with van der Waals surface area (Å²) in [6.07, 6.45) is 2.38. The van der Waals surface area contributed by atoms with Crippen LogP contribution in [0.3, 0.4) is 0 Å². The van der Waals surface area contributed by atoms with Crippen molar-refractivity contribution in [2.75, 3.05) is 6.61 Å². The topological polar surface area (TPSA) is 97.5 Å². The summed E-state index contributed by atoms with van der Waals surface area (Å²) in [5, 5.41) is 28.7. The zero-order valence-electron chi connectivity index (χ0n) is 22.5. The van der Waals surface area contributed by atoms with Crippen LogP contribution in [-0.2, 0) is 34.7 Å². The maximum atomic E-state index is 12.1. The van der Waals surface area contributed by atoms with E-state index in [2.05, 4.69) is 22.4 Å². The predicted octanol–water partition coefficient (Wildman–Crippen LogP) is 5.71. The molecule has 0 saturated carbocycles. The maximum absolute atomic E-state index is 12.1. The van der Waals surface area contributed by atoms with E-state index in [1.807, 2.05) is 74.0 Å². The zero-order chi connectivity index (χ0) is 27.1. The molecule has 0 aliphatic heterocycles. The Bertz CT molecular complexity index is 1380. The number of benzene rings is 3. The van der Waals surface area contributed by atoms with E-state index in [4.69, 9.17) is 4.74 Å². The fraction of sp³-hybridized carbons (Fsp3) is 0.387. The van der Waals surface area contributed by atoms with Crippen molar-refractivity contribution in [3.8, 4) is 0 Å². The molecule has 1 atom stereocenters. The van der Waals surface area contributed by atoms with Gasteiger partial charge in [0.25, 0.3) is 0 Å². The van der Waals surface area contributed by atoms with Gasteiger partial charge in [-0.25, -0.2) is 4.68 Å². The molecule has 0 spiro atoms. The van der Waals surface area contributed by atoms with Crippen molar-refractivity contribution in [1.82, 2.24) is 15.0 Å². The van der Waals surface area contributed by atoms with Crippen LogP contribution in [0.5, 0.6) is 0 Å². The molecule has 7 nitrogen and oxygen atoms in total. The first kappa shape index (κ1) is 27.5. The molecule has 2 N–H and O–H groups in total. The van der Waals surface area contributed by atoms with E-state index in [1.165, 1.54) is 5.56 Å². The van der Waals surface area contributed by atoms with E-state index >= 15 is 0 Å². The van der Waals surface area contributed by atoms with Crippen LogP contribution in [0.25, 0.3) is 11.0 Å². The highest BCUT2D eigenvalue weighted by molar-refractivity contribution is 5.81. The van der Waals surface area contributed by atoms with Gasteiger partial charge in [0.1, 0.15) is 5.52 Å². The number of aryl methyl sites for hydroxylation is 3. The molecular weight excluding hydrogens is 478 g/mol. The molecule has 0 aliphatic carbocycles. The lowest BCUT2D eigenvalue weighted by Gasteiger charge is -2.34.